The molecule has 1 saturated heterocycles. The maximum atomic E-state index is 5.95. The van der Waals surface area contributed by atoms with Gasteiger partial charge in [-0.15, -0.1) is 0 Å². The first kappa shape index (κ1) is 12.6. The molecule has 2 aliphatic rings. The summed E-state index contributed by atoms with van der Waals surface area (Å²) < 4.78 is 11.7. The number of rotatable bonds is 4. The standard InChI is InChI=1S/C12H23N3O2/c1-2-7-14-11(13)15-8-10-9-16-12(17-10)5-3-4-6-12/h10H,2-9H2,1H3,(H3,13,14,15). The Bertz CT molecular complexity index is 275. The summed E-state index contributed by atoms with van der Waals surface area (Å²) in [6.07, 6.45) is 5.57. The fourth-order valence-electron chi connectivity index (χ4n) is 2.39. The molecule has 0 aromatic heterocycles. The largest absolute Gasteiger partial charge is 0.370 e. The van der Waals surface area contributed by atoms with Crippen LogP contribution in [0.25, 0.3) is 0 Å². The molecule has 0 bridgehead atoms. The van der Waals surface area contributed by atoms with Gasteiger partial charge in [-0.25, -0.2) is 0 Å². The Labute approximate surface area is 103 Å². The van der Waals surface area contributed by atoms with E-state index in [2.05, 4.69) is 17.2 Å². The third kappa shape index (κ3) is 3.33. The first-order valence-electron chi connectivity index (χ1n) is 6.60. The Morgan fingerprint density at radius 1 is 1.47 bits per heavy atom. The quantitative estimate of drug-likeness (QED) is 0.569. The molecule has 1 atom stereocenters. The summed E-state index contributed by atoms with van der Waals surface area (Å²) in [5.74, 6) is 0.217. The number of hydrogen-bond donors (Lipinski definition) is 2. The molecule has 1 heterocycles. The van der Waals surface area contributed by atoms with E-state index in [-0.39, 0.29) is 11.9 Å². The molecule has 1 aliphatic carbocycles. The molecule has 17 heavy (non-hydrogen) atoms. The zero-order valence-corrected chi connectivity index (χ0v) is 10.6. The van der Waals surface area contributed by atoms with Crippen molar-refractivity contribution in [3.63, 3.8) is 0 Å². The zero-order valence-electron chi connectivity index (χ0n) is 10.6. The fourth-order valence-corrected chi connectivity index (χ4v) is 2.39. The summed E-state index contributed by atoms with van der Waals surface area (Å²) in [6.45, 7) is 4.19. The van der Waals surface area contributed by atoms with Crippen LogP contribution >= 0.6 is 0 Å². The van der Waals surface area contributed by atoms with Crippen molar-refractivity contribution >= 4 is 5.96 Å². The second kappa shape index (κ2) is 5.69. The predicted molar refractivity (Wildman–Crippen MR) is 66.8 cm³/mol. The van der Waals surface area contributed by atoms with Crippen LogP contribution in [0.2, 0.25) is 0 Å². The lowest BCUT2D eigenvalue weighted by molar-refractivity contribution is -0.160. The van der Waals surface area contributed by atoms with Gasteiger partial charge in [-0.2, -0.15) is 0 Å². The van der Waals surface area contributed by atoms with E-state index in [1.807, 2.05) is 0 Å². The second-order valence-corrected chi connectivity index (χ2v) is 4.82. The van der Waals surface area contributed by atoms with Crippen LogP contribution in [0.3, 0.4) is 0 Å². The molecule has 1 saturated carbocycles. The Balaban J connectivity index is 1.74. The van der Waals surface area contributed by atoms with Crippen molar-refractivity contribution < 1.29 is 9.47 Å². The molecule has 5 nitrogen and oxygen atoms in total. The SMILES string of the molecule is CCCNC(N)=NCC1COC2(CCCC2)O1. The van der Waals surface area contributed by atoms with Crippen LogP contribution in [-0.2, 0) is 9.47 Å². The van der Waals surface area contributed by atoms with Gasteiger partial charge in [0.1, 0.15) is 6.10 Å². The van der Waals surface area contributed by atoms with Gasteiger partial charge in [0.25, 0.3) is 0 Å². The molecule has 2 rings (SSSR count). The van der Waals surface area contributed by atoms with Gasteiger partial charge in [0, 0.05) is 19.4 Å². The van der Waals surface area contributed by atoms with Crippen molar-refractivity contribution in [2.45, 2.75) is 50.9 Å². The summed E-state index contributed by atoms with van der Waals surface area (Å²) in [7, 11) is 0. The smallest absolute Gasteiger partial charge is 0.188 e. The normalized spacial score (nSPS) is 27.8. The molecule has 98 valence electrons. The van der Waals surface area contributed by atoms with Crippen LogP contribution in [0.15, 0.2) is 4.99 Å². The number of guanidine groups is 1. The van der Waals surface area contributed by atoms with E-state index in [9.17, 15) is 0 Å². The van der Waals surface area contributed by atoms with Crippen LogP contribution in [0.5, 0.6) is 0 Å². The van der Waals surface area contributed by atoms with Crippen LogP contribution in [0.1, 0.15) is 39.0 Å². The number of nitrogens with zero attached hydrogens (tertiary/aromatic N) is 1. The van der Waals surface area contributed by atoms with Gasteiger partial charge in [-0.05, 0) is 19.3 Å². The molecule has 1 unspecified atom stereocenters. The number of ether oxygens (including phenoxy) is 2. The molecule has 0 radical (unpaired) electrons. The molecule has 5 heteroatoms. The first-order valence-corrected chi connectivity index (χ1v) is 6.60. The van der Waals surface area contributed by atoms with Crippen LogP contribution in [-0.4, -0.2) is 37.5 Å². The third-order valence-electron chi connectivity index (χ3n) is 3.30. The summed E-state index contributed by atoms with van der Waals surface area (Å²) in [6, 6.07) is 0. The van der Waals surface area contributed by atoms with Crippen molar-refractivity contribution in [2.24, 2.45) is 10.7 Å². The summed E-state index contributed by atoms with van der Waals surface area (Å²) in [4.78, 5) is 4.28. The van der Waals surface area contributed by atoms with E-state index in [1.54, 1.807) is 0 Å². The highest BCUT2D eigenvalue weighted by Crippen LogP contribution is 2.39. The minimum atomic E-state index is -0.286. The summed E-state index contributed by atoms with van der Waals surface area (Å²) in [5, 5.41) is 3.05. The van der Waals surface area contributed by atoms with E-state index in [0.717, 1.165) is 25.8 Å². The molecule has 1 spiro atoms. The summed E-state index contributed by atoms with van der Waals surface area (Å²) in [5.41, 5.74) is 5.73. The van der Waals surface area contributed by atoms with Gasteiger partial charge in [0.15, 0.2) is 11.7 Å². The van der Waals surface area contributed by atoms with Crippen molar-refractivity contribution in [2.75, 3.05) is 19.7 Å². The molecular formula is C12H23N3O2. The minimum absolute atomic E-state index is 0.0649. The first-order chi connectivity index (χ1) is 8.24. The highest BCUT2D eigenvalue weighted by Gasteiger charge is 2.43. The third-order valence-corrected chi connectivity index (χ3v) is 3.30. The van der Waals surface area contributed by atoms with Crippen LogP contribution in [0.4, 0.5) is 0 Å². The molecule has 1 aliphatic heterocycles. The molecule has 0 amide bonds. The molecule has 0 aromatic carbocycles. The van der Waals surface area contributed by atoms with Gasteiger partial charge in [-0.3, -0.25) is 4.99 Å². The maximum Gasteiger partial charge on any atom is 0.188 e. The van der Waals surface area contributed by atoms with Gasteiger partial charge < -0.3 is 20.5 Å². The zero-order chi connectivity index (χ0) is 12.1. The molecule has 3 N–H and O–H groups in total. The molecule has 0 aromatic rings. The number of aliphatic imine (C=N–C) groups is 1. The topological polar surface area (TPSA) is 68.9 Å². The Hall–Kier alpha value is -0.810. The highest BCUT2D eigenvalue weighted by atomic mass is 16.7. The van der Waals surface area contributed by atoms with E-state index < -0.39 is 0 Å². The van der Waals surface area contributed by atoms with Crippen LogP contribution < -0.4 is 11.1 Å². The van der Waals surface area contributed by atoms with Gasteiger partial charge in [0.2, 0.25) is 0 Å². The monoisotopic (exact) mass is 241 g/mol. The predicted octanol–water partition coefficient (Wildman–Crippen LogP) is 0.986. The van der Waals surface area contributed by atoms with Gasteiger partial charge in [0.05, 0.1) is 13.2 Å². The molecule has 2 fully saturated rings. The molecular weight excluding hydrogens is 218 g/mol. The van der Waals surface area contributed by atoms with Crippen molar-refractivity contribution in [1.82, 2.24) is 5.32 Å². The lowest BCUT2D eigenvalue weighted by atomic mass is 10.2. The highest BCUT2D eigenvalue weighted by molar-refractivity contribution is 5.77. The van der Waals surface area contributed by atoms with E-state index in [0.29, 0.717) is 19.1 Å². The lowest BCUT2D eigenvalue weighted by Crippen LogP contribution is -2.33. The number of nitrogens with one attached hydrogen (secondary N) is 1. The number of hydrogen-bond acceptors (Lipinski definition) is 3. The average Bonchev–Trinajstić information content (AvgIpc) is 2.95. The van der Waals surface area contributed by atoms with E-state index in [4.69, 9.17) is 15.2 Å². The van der Waals surface area contributed by atoms with E-state index in [1.165, 1.54) is 12.8 Å². The van der Waals surface area contributed by atoms with E-state index >= 15 is 0 Å². The Morgan fingerprint density at radius 2 is 2.24 bits per heavy atom. The van der Waals surface area contributed by atoms with Crippen LogP contribution in [0, 0.1) is 0 Å². The number of nitrogens with two attached hydrogens (primary N) is 1. The van der Waals surface area contributed by atoms with Crippen molar-refractivity contribution in [3.05, 3.63) is 0 Å². The lowest BCUT2D eigenvalue weighted by Gasteiger charge is -2.21. The van der Waals surface area contributed by atoms with Gasteiger partial charge >= 0.3 is 0 Å². The van der Waals surface area contributed by atoms with Crippen molar-refractivity contribution in [3.8, 4) is 0 Å². The van der Waals surface area contributed by atoms with Crippen molar-refractivity contribution in [1.29, 1.82) is 0 Å². The second-order valence-electron chi connectivity index (χ2n) is 4.82. The fraction of sp³-hybridized carbons (Fsp3) is 0.917. The average molecular weight is 241 g/mol. The summed E-state index contributed by atoms with van der Waals surface area (Å²) >= 11 is 0. The van der Waals surface area contributed by atoms with Gasteiger partial charge in [-0.1, -0.05) is 6.92 Å². The Morgan fingerprint density at radius 3 is 2.94 bits per heavy atom. The Kier molecular flexibility index (Phi) is 4.23. The minimum Gasteiger partial charge on any atom is -0.370 e. The maximum absolute atomic E-state index is 5.95.